The first-order chi connectivity index (χ1) is 9.81. The van der Waals surface area contributed by atoms with Crippen molar-refractivity contribution in [3.05, 3.63) is 29.8 Å². The molecule has 5 heteroatoms. The molecule has 4 nitrogen and oxygen atoms in total. The molecule has 1 aromatic rings. The SMILES string of the molecule is Cl.O=C(NC1CCCNC1)c1ccc(OCC2CC2)cc1. The smallest absolute Gasteiger partial charge is 0.251 e. The number of halogens is 1. The molecular formula is C16H23ClN2O2. The van der Waals surface area contributed by atoms with Crippen molar-refractivity contribution in [3.8, 4) is 5.75 Å². The molecule has 0 aromatic heterocycles. The summed E-state index contributed by atoms with van der Waals surface area (Å²) in [7, 11) is 0. The van der Waals surface area contributed by atoms with Gasteiger partial charge in [-0.3, -0.25) is 4.79 Å². The van der Waals surface area contributed by atoms with Crippen LogP contribution in [0.4, 0.5) is 0 Å². The number of ether oxygens (including phenoxy) is 1. The van der Waals surface area contributed by atoms with Crippen LogP contribution in [-0.4, -0.2) is 31.6 Å². The molecule has 1 unspecified atom stereocenters. The Kier molecular flexibility index (Phi) is 5.88. The normalized spacial score (nSPS) is 21.2. The number of carbonyl (C=O) groups is 1. The maximum atomic E-state index is 12.1. The van der Waals surface area contributed by atoms with Gasteiger partial charge in [0.05, 0.1) is 6.61 Å². The summed E-state index contributed by atoms with van der Waals surface area (Å²) in [4.78, 5) is 12.1. The van der Waals surface area contributed by atoms with E-state index in [2.05, 4.69) is 10.6 Å². The molecule has 1 aliphatic carbocycles. The maximum absolute atomic E-state index is 12.1. The second-order valence-electron chi connectivity index (χ2n) is 5.80. The van der Waals surface area contributed by atoms with Crippen LogP contribution in [-0.2, 0) is 0 Å². The molecule has 1 amide bonds. The van der Waals surface area contributed by atoms with E-state index in [9.17, 15) is 4.79 Å². The van der Waals surface area contributed by atoms with Crippen LogP contribution in [0.15, 0.2) is 24.3 Å². The number of hydrogen-bond donors (Lipinski definition) is 2. The monoisotopic (exact) mass is 310 g/mol. The van der Waals surface area contributed by atoms with Gasteiger partial charge in [0.15, 0.2) is 0 Å². The number of rotatable bonds is 5. The standard InChI is InChI=1S/C16H22N2O2.ClH/c19-16(18-14-2-1-9-17-10-14)13-5-7-15(8-6-13)20-11-12-3-4-12;/h5-8,12,14,17H,1-4,9-11H2,(H,18,19);1H. The van der Waals surface area contributed by atoms with Gasteiger partial charge in [0, 0.05) is 18.2 Å². The van der Waals surface area contributed by atoms with Crippen LogP contribution in [0.25, 0.3) is 0 Å². The Hall–Kier alpha value is -1.26. The second kappa shape index (κ2) is 7.66. The molecule has 2 N–H and O–H groups in total. The Morgan fingerprint density at radius 1 is 1.24 bits per heavy atom. The Labute approximate surface area is 132 Å². The molecular weight excluding hydrogens is 288 g/mol. The molecule has 2 fully saturated rings. The summed E-state index contributed by atoms with van der Waals surface area (Å²) in [6.45, 7) is 2.73. The lowest BCUT2D eigenvalue weighted by atomic mass is 10.1. The summed E-state index contributed by atoms with van der Waals surface area (Å²) in [5.74, 6) is 1.61. The highest BCUT2D eigenvalue weighted by atomic mass is 35.5. The van der Waals surface area contributed by atoms with Crippen LogP contribution < -0.4 is 15.4 Å². The van der Waals surface area contributed by atoms with E-state index >= 15 is 0 Å². The molecule has 0 spiro atoms. The zero-order chi connectivity index (χ0) is 13.8. The van der Waals surface area contributed by atoms with E-state index in [-0.39, 0.29) is 24.4 Å². The van der Waals surface area contributed by atoms with Gasteiger partial charge in [-0.2, -0.15) is 0 Å². The van der Waals surface area contributed by atoms with Gasteiger partial charge in [-0.05, 0) is 62.4 Å². The molecule has 2 aliphatic rings. The van der Waals surface area contributed by atoms with E-state index in [4.69, 9.17) is 4.74 Å². The summed E-state index contributed by atoms with van der Waals surface area (Å²) < 4.78 is 5.67. The summed E-state index contributed by atoms with van der Waals surface area (Å²) in [6.07, 6.45) is 4.76. The molecule has 0 radical (unpaired) electrons. The van der Waals surface area contributed by atoms with Crippen molar-refractivity contribution in [2.24, 2.45) is 5.92 Å². The molecule has 116 valence electrons. The largest absolute Gasteiger partial charge is 0.493 e. The zero-order valence-electron chi connectivity index (χ0n) is 12.1. The quantitative estimate of drug-likeness (QED) is 0.878. The van der Waals surface area contributed by atoms with Gasteiger partial charge in [-0.1, -0.05) is 0 Å². The molecule has 21 heavy (non-hydrogen) atoms. The van der Waals surface area contributed by atoms with Gasteiger partial charge < -0.3 is 15.4 Å². The van der Waals surface area contributed by atoms with Crippen molar-refractivity contribution in [2.75, 3.05) is 19.7 Å². The summed E-state index contributed by atoms with van der Waals surface area (Å²) >= 11 is 0. The lowest BCUT2D eigenvalue weighted by Crippen LogP contribution is -2.45. The second-order valence-corrected chi connectivity index (χ2v) is 5.80. The highest BCUT2D eigenvalue weighted by molar-refractivity contribution is 5.94. The fraction of sp³-hybridized carbons (Fsp3) is 0.562. The third-order valence-corrected chi connectivity index (χ3v) is 3.93. The molecule has 1 heterocycles. The Morgan fingerprint density at radius 3 is 2.62 bits per heavy atom. The number of hydrogen-bond acceptors (Lipinski definition) is 3. The lowest BCUT2D eigenvalue weighted by Gasteiger charge is -2.23. The first-order valence-electron chi connectivity index (χ1n) is 7.56. The van der Waals surface area contributed by atoms with Gasteiger partial charge in [0.1, 0.15) is 5.75 Å². The first-order valence-corrected chi connectivity index (χ1v) is 7.56. The van der Waals surface area contributed by atoms with Crippen molar-refractivity contribution in [3.63, 3.8) is 0 Å². The molecule has 1 atom stereocenters. The number of piperidine rings is 1. The predicted molar refractivity (Wildman–Crippen MR) is 85.3 cm³/mol. The highest BCUT2D eigenvalue weighted by Gasteiger charge is 2.22. The lowest BCUT2D eigenvalue weighted by molar-refractivity contribution is 0.0930. The number of benzene rings is 1. The van der Waals surface area contributed by atoms with E-state index in [1.54, 1.807) is 0 Å². The van der Waals surface area contributed by atoms with Gasteiger partial charge in [-0.15, -0.1) is 12.4 Å². The minimum atomic E-state index is 0. The van der Waals surface area contributed by atoms with Crippen molar-refractivity contribution in [1.82, 2.24) is 10.6 Å². The van der Waals surface area contributed by atoms with Gasteiger partial charge in [0.2, 0.25) is 0 Å². The van der Waals surface area contributed by atoms with Gasteiger partial charge in [0.25, 0.3) is 5.91 Å². The molecule has 3 rings (SSSR count). The molecule has 0 bridgehead atoms. The highest BCUT2D eigenvalue weighted by Crippen LogP contribution is 2.29. The fourth-order valence-corrected chi connectivity index (χ4v) is 2.44. The van der Waals surface area contributed by atoms with E-state index in [1.807, 2.05) is 24.3 Å². The van der Waals surface area contributed by atoms with E-state index in [0.29, 0.717) is 5.56 Å². The average molecular weight is 311 g/mol. The first kappa shape index (κ1) is 16.1. The van der Waals surface area contributed by atoms with E-state index in [0.717, 1.165) is 44.2 Å². The van der Waals surface area contributed by atoms with Crippen molar-refractivity contribution in [1.29, 1.82) is 0 Å². The molecule has 1 aromatic carbocycles. The van der Waals surface area contributed by atoms with Crippen LogP contribution in [0.5, 0.6) is 5.75 Å². The van der Waals surface area contributed by atoms with Crippen LogP contribution in [0.2, 0.25) is 0 Å². The Morgan fingerprint density at radius 2 is 2.00 bits per heavy atom. The minimum Gasteiger partial charge on any atom is -0.493 e. The third-order valence-electron chi connectivity index (χ3n) is 3.93. The average Bonchev–Trinajstić information content (AvgIpc) is 3.31. The zero-order valence-corrected chi connectivity index (χ0v) is 13.0. The fourth-order valence-electron chi connectivity index (χ4n) is 2.44. The summed E-state index contributed by atoms with van der Waals surface area (Å²) in [5.41, 5.74) is 0.703. The minimum absolute atomic E-state index is 0. The van der Waals surface area contributed by atoms with Crippen LogP contribution in [0.3, 0.4) is 0 Å². The van der Waals surface area contributed by atoms with E-state index in [1.165, 1.54) is 12.8 Å². The van der Waals surface area contributed by atoms with Crippen LogP contribution in [0.1, 0.15) is 36.0 Å². The van der Waals surface area contributed by atoms with Crippen LogP contribution in [0, 0.1) is 5.92 Å². The van der Waals surface area contributed by atoms with Crippen molar-refractivity contribution >= 4 is 18.3 Å². The number of amides is 1. The molecule has 1 saturated carbocycles. The van der Waals surface area contributed by atoms with Gasteiger partial charge in [-0.25, -0.2) is 0 Å². The Bertz CT molecular complexity index is 454. The number of carbonyl (C=O) groups excluding carboxylic acids is 1. The van der Waals surface area contributed by atoms with Gasteiger partial charge >= 0.3 is 0 Å². The van der Waals surface area contributed by atoms with E-state index < -0.39 is 0 Å². The summed E-state index contributed by atoms with van der Waals surface area (Å²) in [6, 6.07) is 7.70. The maximum Gasteiger partial charge on any atom is 0.251 e. The topological polar surface area (TPSA) is 50.4 Å². The Balaban J connectivity index is 0.00000161. The van der Waals surface area contributed by atoms with Crippen LogP contribution >= 0.6 is 12.4 Å². The van der Waals surface area contributed by atoms with Crippen molar-refractivity contribution < 1.29 is 9.53 Å². The molecule has 1 saturated heterocycles. The third kappa shape index (κ3) is 4.90. The summed E-state index contributed by atoms with van der Waals surface area (Å²) in [5, 5.41) is 6.37. The predicted octanol–water partition coefficient (Wildman–Crippen LogP) is 2.38. The number of nitrogens with one attached hydrogen (secondary N) is 2. The molecule has 1 aliphatic heterocycles. The van der Waals surface area contributed by atoms with Crippen molar-refractivity contribution in [2.45, 2.75) is 31.7 Å².